The summed E-state index contributed by atoms with van der Waals surface area (Å²) in [4.78, 5) is 0. The number of rotatable bonds is 1. The molecule has 1 aliphatic rings. The predicted octanol–water partition coefficient (Wildman–Crippen LogP) is 1.95. The summed E-state index contributed by atoms with van der Waals surface area (Å²) in [5.74, 6) is 0.606. The Hall–Kier alpha value is -0.170. The van der Waals surface area contributed by atoms with E-state index >= 15 is 0 Å². The van der Waals surface area contributed by atoms with Crippen LogP contribution in [0.15, 0.2) is 12.2 Å². The minimum absolute atomic E-state index is 0.606. The molecular formula is C6H8S. The topological polar surface area (TPSA) is 0 Å². The lowest BCUT2D eigenvalue weighted by Crippen LogP contribution is -1.87. The number of thiocarbonyl (C=S) groups is 1. The van der Waals surface area contributed by atoms with E-state index in [-0.39, 0.29) is 0 Å². The lowest BCUT2D eigenvalue weighted by atomic mass is 10.2. The number of hydrogen-bond donors (Lipinski definition) is 0. The molecule has 0 saturated heterocycles. The molecule has 0 nitrogen and oxygen atoms in total. The molecule has 0 saturated carbocycles. The highest BCUT2D eigenvalue weighted by molar-refractivity contribution is 7.79. The largest absolute Gasteiger partial charge is 0.0928 e. The highest BCUT2D eigenvalue weighted by atomic mass is 32.1. The van der Waals surface area contributed by atoms with E-state index in [0.717, 1.165) is 0 Å². The molecule has 0 radical (unpaired) electrons. The first kappa shape index (κ1) is 4.98. The average Bonchev–Trinajstić information content (AvgIpc) is 2.14. The summed E-state index contributed by atoms with van der Waals surface area (Å²) in [6.45, 7) is 0. The molecule has 0 N–H and O–H groups in total. The number of hydrogen-bond acceptors (Lipinski definition) is 1. The van der Waals surface area contributed by atoms with E-state index in [1.54, 1.807) is 0 Å². The van der Waals surface area contributed by atoms with Gasteiger partial charge in [0.2, 0.25) is 0 Å². The van der Waals surface area contributed by atoms with Crippen molar-refractivity contribution in [3.8, 4) is 0 Å². The maximum atomic E-state index is 4.74. The van der Waals surface area contributed by atoms with Crippen LogP contribution in [0.1, 0.15) is 12.8 Å². The molecule has 1 aliphatic carbocycles. The Morgan fingerprint density at radius 1 is 1.71 bits per heavy atom. The molecule has 0 heterocycles. The van der Waals surface area contributed by atoms with Gasteiger partial charge in [-0.2, -0.15) is 0 Å². The van der Waals surface area contributed by atoms with Gasteiger partial charge in [0.25, 0.3) is 0 Å². The van der Waals surface area contributed by atoms with Crippen LogP contribution in [0, 0.1) is 5.92 Å². The highest BCUT2D eigenvalue weighted by Gasteiger charge is 2.02. The third-order valence-corrected chi connectivity index (χ3v) is 1.57. The molecule has 0 aromatic carbocycles. The fourth-order valence-corrected chi connectivity index (χ4v) is 0.996. The monoisotopic (exact) mass is 112 g/mol. The Morgan fingerprint density at radius 3 is 2.86 bits per heavy atom. The summed E-state index contributed by atoms with van der Waals surface area (Å²) in [6, 6.07) is 0. The van der Waals surface area contributed by atoms with Crippen molar-refractivity contribution in [2.75, 3.05) is 0 Å². The van der Waals surface area contributed by atoms with Gasteiger partial charge in [-0.15, -0.1) is 0 Å². The molecule has 1 unspecified atom stereocenters. The SMILES string of the molecule is S=CC1C=CCC1. The highest BCUT2D eigenvalue weighted by Crippen LogP contribution is 2.13. The van der Waals surface area contributed by atoms with E-state index in [4.69, 9.17) is 12.2 Å². The standard InChI is InChI=1S/C6H8S/c7-5-6-3-1-2-4-6/h1,3,5-6H,2,4H2. The van der Waals surface area contributed by atoms with Crippen molar-refractivity contribution in [3.05, 3.63) is 12.2 Å². The summed E-state index contributed by atoms with van der Waals surface area (Å²) < 4.78 is 0. The van der Waals surface area contributed by atoms with E-state index in [0.29, 0.717) is 5.92 Å². The average molecular weight is 112 g/mol. The molecule has 0 amide bonds. The quantitative estimate of drug-likeness (QED) is 0.369. The van der Waals surface area contributed by atoms with Crippen LogP contribution in [-0.2, 0) is 0 Å². The van der Waals surface area contributed by atoms with Crippen molar-refractivity contribution in [1.29, 1.82) is 0 Å². The summed E-state index contributed by atoms with van der Waals surface area (Å²) in [6.07, 6.45) is 6.82. The Balaban J connectivity index is 2.42. The third kappa shape index (κ3) is 1.10. The Labute approximate surface area is 49.2 Å². The summed E-state index contributed by atoms with van der Waals surface area (Å²) in [7, 11) is 0. The minimum atomic E-state index is 0.606. The van der Waals surface area contributed by atoms with Crippen LogP contribution in [-0.4, -0.2) is 5.37 Å². The molecule has 0 aliphatic heterocycles. The molecule has 0 aromatic heterocycles. The van der Waals surface area contributed by atoms with Gasteiger partial charge in [0, 0.05) is 5.92 Å². The molecule has 38 valence electrons. The van der Waals surface area contributed by atoms with Crippen LogP contribution in [0.4, 0.5) is 0 Å². The third-order valence-electron chi connectivity index (χ3n) is 1.22. The lowest BCUT2D eigenvalue weighted by Gasteiger charge is -1.91. The summed E-state index contributed by atoms with van der Waals surface area (Å²) in [5.41, 5.74) is 0. The molecule has 7 heavy (non-hydrogen) atoms. The van der Waals surface area contributed by atoms with Gasteiger partial charge >= 0.3 is 0 Å². The van der Waals surface area contributed by atoms with Crippen LogP contribution in [0.2, 0.25) is 0 Å². The first-order valence-corrected chi connectivity index (χ1v) is 3.02. The van der Waals surface area contributed by atoms with Crippen LogP contribution in [0.5, 0.6) is 0 Å². The van der Waals surface area contributed by atoms with E-state index in [9.17, 15) is 0 Å². The second-order valence-corrected chi connectivity index (χ2v) is 2.08. The van der Waals surface area contributed by atoms with Crippen molar-refractivity contribution in [1.82, 2.24) is 0 Å². The molecule has 1 heteroatoms. The van der Waals surface area contributed by atoms with Gasteiger partial charge in [-0.25, -0.2) is 0 Å². The van der Waals surface area contributed by atoms with E-state index in [2.05, 4.69) is 12.2 Å². The molecule has 1 atom stereocenters. The lowest BCUT2D eigenvalue weighted by molar-refractivity contribution is 0.831. The molecule has 1 rings (SSSR count). The van der Waals surface area contributed by atoms with Crippen molar-refractivity contribution >= 4 is 17.6 Å². The fourth-order valence-electron chi connectivity index (χ4n) is 0.769. The van der Waals surface area contributed by atoms with E-state index in [1.165, 1.54) is 12.8 Å². The van der Waals surface area contributed by atoms with Crippen molar-refractivity contribution in [2.24, 2.45) is 5.92 Å². The Morgan fingerprint density at radius 2 is 2.57 bits per heavy atom. The Kier molecular flexibility index (Phi) is 1.58. The van der Waals surface area contributed by atoms with Crippen LogP contribution in [0.3, 0.4) is 0 Å². The predicted molar refractivity (Wildman–Crippen MR) is 35.5 cm³/mol. The van der Waals surface area contributed by atoms with Gasteiger partial charge in [0.15, 0.2) is 0 Å². The molecular weight excluding hydrogens is 104 g/mol. The summed E-state index contributed by atoms with van der Waals surface area (Å²) >= 11 is 4.74. The fraction of sp³-hybridized carbons (Fsp3) is 0.500. The normalized spacial score (nSPS) is 28.3. The first-order valence-electron chi connectivity index (χ1n) is 2.55. The molecule has 0 fully saturated rings. The van der Waals surface area contributed by atoms with Crippen molar-refractivity contribution < 1.29 is 0 Å². The smallest absolute Gasteiger partial charge is 0.00543 e. The van der Waals surface area contributed by atoms with Crippen molar-refractivity contribution in [3.63, 3.8) is 0 Å². The van der Waals surface area contributed by atoms with E-state index < -0.39 is 0 Å². The minimum Gasteiger partial charge on any atom is -0.0928 e. The molecule has 0 spiro atoms. The van der Waals surface area contributed by atoms with Gasteiger partial charge in [0.05, 0.1) is 0 Å². The number of allylic oxidation sites excluding steroid dienone is 2. The maximum Gasteiger partial charge on any atom is 0.00543 e. The second-order valence-electron chi connectivity index (χ2n) is 1.81. The van der Waals surface area contributed by atoms with Crippen molar-refractivity contribution in [2.45, 2.75) is 12.8 Å². The first-order chi connectivity index (χ1) is 3.43. The van der Waals surface area contributed by atoms with Crippen LogP contribution >= 0.6 is 12.2 Å². The zero-order valence-corrected chi connectivity index (χ0v) is 4.95. The molecule has 0 aromatic rings. The maximum absolute atomic E-state index is 4.74. The van der Waals surface area contributed by atoms with Gasteiger partial charge in [-0.3, -0.25) is 0 Å². The van der Waals surface area contributed by atoms with Gasteiger partial charge in [-0.05, 0) is 18.2 Å². The van der Waals surface area contributed by atoms with Crippen LogP contribution in [0.25, 0.3) is 0 Å². The zero-order valence-electron chi connectivity index (χ0n) is 4.13. The van der Waals surface area contributed by atoms with Gasteiger partial charge < -0.3 is 0 Å². The Bertz CT molecular complexity index is 94.4. The molecule has 0 bridgehead atoms. The van der Waals surface area contributed by atoms with E-state index in [1.807, 2.05) is 5.37 Å². The van der Waals surface area contributed by atoms with Gasteiger partial charge in [-0.1, -0.05) is 24.4 Å². The summed E-state index contributed by atoms with van der Waals surface area (Å²) in [5, 5.41) is 1.84. The van der Waals surface area contributed by atoms with Gasteiger partial charge in [0.1, 0.15) is 0 Å². The second kappa shape index (κ2) is 2.22. The van der Waals surface area contributed by atoms with Crippen LogP contribution < -0.4 is 0 Å². The zero-order chi connectivity index (χ0) is 5.11.